The van der Waals surface area contributed by atoms with Crippen molar-refractivity contribution >= 4 is 27.5 Å². The van der Waals surface area contributed by atoms with Gasteiger partial charge in [0.1, 0.15) is 22.2 Å². The molecule has 7 nitrogen and oxygen atoms in total. The predicted octanol–water partition coefficient (Wildman–Crippen LogP) is 3.62. The first kappa shape index (κ1) is 16.3. The number of rotatable bonds is 5. The minimum atomic E-state index is -1.15. The Morgan fingerprint density at radius 3 is 2.85 bits per heavy atom. The molecule has 0 saturated carbocycles. The SMILES string of the molecule is CCc1nc2scc(-c3ccco3)c2c(=O)n1Cc1ccc(C(=O)O)o1. The summed E-state index contributed by atoms with van der Waals surface area (Å²) in [6.45, 7) is 2.03. The number of carbonyl (C=O) groups is 1. The third-order valence-corrected chi connectivity index (χ3v) is 4.93. The lowest BCUT2D eigenvalue weighted by Crippen LogP contribution is -2.25. The van der Waals surface area contributed by atoms with Crippen LogP contribution in [-0.4, -0.2) is 20.6 Å². The van der Waals surface area contributed by atoms with Crippen LogP contribution < -0.4 is 5.56 Å². The van der Waals surface area contributed by atoms with Crippen molar-refractivity contribution in [3.63, 3.8) is 0 Å². The van der Waals surface area contributed by atoms with Crippen molar-refractivity contribution in [1.82, 2.24) is 9.55 Å². The van der Waals surface area contributed by atoms with E-state index in [1.807, 2.05) is 12.3 Å². The molecule has 0 aliphatic rings. The minimum absolute atomic E-state index is 0.117. The van der Waals surface area contributed by atoms with Crippen LogP contribution in [0.2, 0.25) is 0 Å². The van der Waals surface area contributed by atoms with Crippen molar-refractivity contribution in [3.05, 3.63) is 63.6 Å². The van der Waals surface area contributed by atoms with Crippen LogP contribution in [0.25, 0.3) is 21.5 Å². The largest absolute Gasteiger partial charge is 0.475 e. The fourth-order valence-corrected chi connectivity index (χ4v) is 3.78. The van der Waals surface area contributed by atoms with Crippen LogP contribution in [0.5, 0.6) is 0 Å². The van der Waals surface area contributed by atoms with Gasteiger partial charge < -0.3 is 13.9 Å². The number of aryl methyl sites for hydroxylation is 1. The molecular weight excluding hydrogens is 356 g/mol. The Morgan fingerprint density at radius 1 is 1.35 bits per heavy atom. The van der Waals surface area contributed by atoms with Crippen LogP contribution >= 0.6 is 11.3 Å². The second-order valence-electron chi connectivity index (χ2n) is 5.65. The van der Waals surface area contributed by atoms with Crippen molar-refractivity contribution in [2.75, 3.05) is 0 Å². The quantitative estimate of drug-likeness (QED) is 0.576. The van der Waals surface area contributed by atoms with E-state index in [4.69, 9.17) is 13.9 Å². The number of thiophene rings is 1. The maximum Gasteiger partial charge on any atom is 0.371 e. The number of aromatic carboxylic acids is 1. The van der Waals surface area contributed by atoms with Gasteiger partial charge in [-0.3, -0.25) is 9.36 Å². The number of fused-ring (bicyclic) bond motifs is 1. The second-order valence-corrected chi connectivity index (χ2v) is 6.51. The van der Waals surface area contributed by atoms with Gasteiger partial charge in [0.25, 0.3) is 5.56 Å². The molecule has 4 aromatic rings. The summed E-state index contributed by atoms with van der Waals surface area (Å²) in [7, 11) is 0. The molecule has 4 aromatic heterocycles. The van der Waals surface area contributed by atoms with E-state index in [1.54, 1.807) is 24.5 Å². The highest BCUT2D eigenvalue weighted by Crippen LogP contribution is 2.31. The number of furan rings is 2. The molecule has 0 aliphatic heterocycles. The van der Waals surface area contributed by atoms with Crippen LogP contribution in [-0.2, 0) is 13.0 Å². The maximum absolute atomic E-state index is 13.2. The van der Waals surface area contributed by atoms with Gasteiger partial charge in [-0.25, -0.2) is 9.78 Å². The Hall–Kier alpha value is -3.13. The predicted molar refractivity (Wildman–Crippen MR) is 95.7 cm³/mol. The lowest BCUT2D eigenvalue weighted by atomic mass is 10.2. The molecule has 0 fully saturated rings. The maximum atomic E-state index is 13.2. The van der Waals surface area contributed by atoms with Gasteiger partial charge >= 0.3 is 5.97 Å². The van der Waals surface area contributed by atoms with E-state index >= 15 is 0 Å². The van der Waals surface area contributed by atoms with Crippen molar-refractivity contribution in [1.29, 1.82) is 0 Å². The molecule has 0 saturated heterocycles. The fraction of sp³-hybridized carbons (Fsp3) is 0.167. The second kappa shape index (κ2) is 6.30. The van der Waals surface area contributed by atoms with Crippen molar-refractivity contribution < 1.29 is 18.7 Å². The van der Waals surface area contributed by atoms with Gasteiger partial charge in [-0.2, -0.15) is 0 Å². The summed E-state index contributed by atoms with van der Waals surface area (Å²) in [6, 6.07) is 6.49. The first-order chi connectivity index (χ1) is 12.6. The molecule has 0 bridgehead atoms. The first-order valence-corrected chi connectivity index (χ1v) is 8.83. The van der Waals surface area contributed by atoms with E-state index in [0.717, 1.165) is 0 Å². The zero-order valence-corrected chi connectivity index (χ0v) is 14.6. The third kappa shape index (κ3) is 2.64. The number of hydrogen-bond donors (Lipinski definition) is 1. The van der Waals surface area contributed by atoms with Gasteiger partial charge in [0.05, 0.1) is 18.2 Å². The van der Waals surface area contributed by atoms with Crippen LogP contribution in [0.3, 0.4) is 0 Å². The Kier molecular flexibility index (Phi) is 3.96. The fourth-order valence-electron chi connectivity index (χ4n) is 2.85. The average molecular weight is 370 g/mol. The van der Waals surface area contributed by atoms with Gasteiger partial charge in [0.2, 0.25) is 5.76 Å². The monoisotopic (exact) mass is 370 g/mol. The van der Waals surface area contributed by atoms with E-state index in [0.29, 0.717) is 39.5 Å². The molecule has 26 heavy (non-hydrogen) atoms. The highest BCUT2D eigenvalue weighted by molar-refractivity contribution is 7.17. The zero-order chi connectivity index (χ0) is 18.3. The van der Waals surface area contributed by atoms with E-state index in [1.165, 1.54) is 22.0 Å². The van der Waals surface area contributed by atoms with Crippen LogP contribution in [0.1, 0.15) is 29.1 Å². The molecule has 0 radical (unpaired) electrons. The van der Waals surface area contributed by atoms with Crippen LogP contribution in [0, 0.1) is 0 Å². The molecule has 4 heterocycles. The third-order valence-electron chi connectivity index (χ3n) is 4.06. The zero-order valence-electron chi connectivity index (χ0n) is 13.8. The topological polar surface area (TPSA) is 98.5 Å². The molecule has 8 heteroatoms. The summed E-state index contributed by atoms with van der Waals surface area (Å²) in [4.78, 5) is 29.4. The van der Waals surface area contributed by atoms with Gasteiger partial charge in [-0.05, 0) is 24.3 Å². The summed E-state index contributed by atoms with van der Waals surface area (Å²) in [5.41, 5.74) is 0.502. The Labute approximate surface area is 151 Å². The molecular formula is C18H14N2O5S. The Balaban J connectivity index is 1.87. The van der Waals surface area contributed by atoms with E-state index in [9.17, 15) is 9.59 Å². The van der Waals surface area contributed by atoms with Crippen molar-refractivity contribution in [3.8, 4) is 11.3 Å². The molecule has 0 aromatic carbocycles. The normalized spacial score (nSPS) is 11.3. The smallest absolute Gasteiger partial charge is 0.371 e. The van der Waals surface area contributed by atoms with Gasteiger partial charge in [-0.15, -0.1) is 11.3 Å². The van der Waals surface area contributed by atoms with E-state index in [2.05, 4.69) is 4.98 Å². The lowest BCUT2D eigenvalue weighted by Gasteiger charge is -2.10. The van der Waals surface area contributed by atoms with E-state index < -0.39 is 5.97 Å². The molecule has 0 atom stereocenters. The first-order valence-electron chi connectivity index (χ1n) is 7.95. The highest BCUT2D eigenvalue weighted by atomic mass is 32.1. The molecule has 0 unspecified atom stereocenters. The van der Waals surface area contributed by atoms with Crippen LogP contribution in [0.15, 0.2) is 49.5 Å². The Morgan fingerprint density at radius 2 is 2.19 bits per heavy atom. The Bertz CT molecular complexity index is 1150. The number of hydrogen-bond acceptors (Lipinski definition) is 6. The summed E-state index contributed by atoms with van der Waals surface area (Å²) < 4.78 is 12.2. The number of carboxylic acid groups (broad SMARTS) is 1. The number of carboxylic acids is 1. The summed E-state index contributed by atoms with van der Waals surface area (Å²) in [5, 5.41) is 11.3. The summed E-state index contributed by atoms with van der Waals surface area (Å²) in [6.07, 6.45) is 2.12. The van der Waals surface area contributed by atoms with Crippen molar-refractivity contribution in [2.24, 2.45) is 0 Å². The van der Waals surface area contributed by atoms with Gasteiger partial charge in [-0.1, -0.05) is 6.92 Å². The average Bonchev–Trinajstić information content (AvgIpc) is 3.36. The van der Waals surface area contributed by atoms with Crippen molar-refractivity contribution in [2.45, 2.75) is 19.9 Å². The van der Waals surface area contributed by atoms with Crippen LogP contribution in [0.4, 0.5) is 0 Å². The molecule has 0 spiro atoms. The molecule has 4 rings (SSSR count). The summed E-state index contributed by atoms with van der Waals surface area (Å²) in [5.74, 6) is 0.300. The minimum Gasteiger partial charge on any atom is -0.475 e. The standard InChI is InChI=1S/C18H14N2O5S/c1-2-14-19-16-15(11(9-26-16)12-4-3-7-24-12)17(21)20(14)8-10-5-6-13(25-10)18(22)23/h3-7,9H,2,8H2,1H3,(H,22,23). The van der Waals surface area contributed by atoms with Gasteiger partial charge in [0.15, 0.2) is 0 Å². The molecule has 0 amide bonds. The molecule has 1 N–H and O–H groups in total. The molecule has 0 aliphatic carbocycles. The molecule has 132 valence electrons. The van der Waals surface area contributed by atoms with E-state index in [-0.39, 0.29) is 17.9 Å². The highest BCUT2D eigenvalue weighted by Gasteiger charge is 2.19. The summed E-state index contributed by atoms with van der Waals surface area (Å²) >= 11 is 1.39. The number of aromatic nitrogens is 2. The number of nitrogens with zero attached hydrogens (tertiary/aromatic N) is 2. The van der Waals surface area contributed by atoms with Gasteiger partial charge in [0, 0.05) is 17.4 Å². The lowest BCUT2D eigenvalue weighted by molar-refractivity contribution is 0.0660.